The minimum absolute atomic E-state index is 0.0214. The van der Waals surface area contributed by atoms with Crippen molar-refractivity contribution in [3.8, 4) is 11.5 Å². The molecule has 1 atom stereocenters. The van der Waals surface area contributed by atoms with E-state index >= 15 is 0 Å². The van der Waals surface area contributed by atoms with Crippen LogP contribution in [0.3, 0.4) is 0 Å². The number of nitrogens with one attached hydrogen (secondary N) is 1. The molecular weight excluding hydrogens is 254 g/mol. The predicted molar refractivity (Wildman–Crippen MR) is 78.3 cm³/mol. The van der Waals surface area contributed by atoms with E-state index in [-0.39, 0.29) is 6.04 Å². The summed E-state index contributed by atoms with van der Waals surface area (Å²) in [6.07, 6.45) is 1.73. The molecule has 1 aromatic carbocycles. The zero-order valence-corrected chi connectivity index (χ0v) is 12.4. The highest BCUT2D eigenvalue weighted by molar-refractivity contribution is 5.38. The van der Waals surface area contributed by atoms with E-state index in [0.717, 1.165) is 22.8 Å². The number of aromatic nitrogens is 2. The molecular formula is C15H21N3O2. The highest BCUT2D eigenvalue weighted by atomic mass is 16.5. The Morgan fingerprint density at radius 1 is 1.30 bits per heavy atom. The van der Waals surface area contributed by atoms with Gasteiger partial charge in [-0.2, -0.15) is 5.10 Å². The normalized spacial score (nSPS) is 12.2. The van der Waals surface area contributed by atoms with Gasteiger partial charge in [0.15, 0.2) is 5.75 Å². The molecule has 0 amide bonds. The Kier molecular flexibility index (Phi) is 4.63. The van der Waals surface area contributed by atoms with Crippen molar-refractivity contribution in [2.24, 2.45) is 7.05 Å². The predicted octanol–water partition coefficient (Wildman–Crippen LogP) is 2.14. The Hall–Kier alpha value is -2.01. The fourth-order valence-corrected chi connectivity index (χ4v) is 2.30. The van der Waals surface area contributed by atoms with Crippen LogP contribution < -0.4 is 14.8 Å². The summed E-state index contributed by atoms with van der Waals surface area (Å²) in [6, 6.07) is 8.09. The first-order valence-electron chi connectivity index (χ1n) is 6.67. The first-order chi connectivity index (χ1) is 9.71. The standard InChI is InChI=1S/C15H21N3O2/c1-5-20-12-8-6-11(7-9-12)14(16-2)15-13(19-4)10-17-18(15)3/h6-10,14,16H,5H2,1-4H3. The Morgan fingerprint density at radius 3 is 2.55 bits per heavy atom. The maximum atomic E-state index is 5.47. The third kappa shape index (κ3) is 2.77. The zero-order chi connectivity index (χ0) is 14.5. The number of nitrogens with zero attached hydrogens (tertiary/aromatic N) is 2. The summed E-state index contributed by atoms with van der Waals surface area (Å²) in [6.45, 7) is 2.65. The van der Waals surface area contributed by atoms with Crippen LogP contribution in [0.5, 0.6) is 11.5 Å². The highest BCUT2D eigenvalue weighted by Crippen LogP contribution is 2.30. The lowest BCUT2D eigenvalue weighted by Gasteiger charge is -2.18. The lowest BCUT2D eigenvalue weighted by atomic mass is 10.0. The third-order valence-electron chi connectivity index (χ3n) is 3.26. The summed E-state index contributed by atoms with van der Waals surface area (Å²) >= 11 is 0. The monoisotopic (exact) mass is 275 g/mol. The van der Waals surface area contributed by atoms with Crippen molar-refractivity contribution >= 4 is 0 Å². The van der Waals surface area contributed by atoms with E-state index in [0.29, 0.717) is 6.61 Å². The van der Waals surface area contributed by atoms with Gasteiger partial charge in [-0.25, -0.2) is 0 Å². The zero-order valence-electron chi connectivity index (χ0n) is 12.4. The van der Waals surface area contributed by atoms with Crippen LogP contribution >= 0.6 is 0 Å². The summed E-state index contributed by atoms with van der Waals surface area (Å²) in [5.41, 5.74) is 2.14. The van der Waals surface area contributed by atoms with Gasteiger partial charge < -0.3 is 14.8 Å². The van der Waals surface area contributed by atoms with Gasteiger partial charge in [0.05, 0.1) is 26.0 Å². The summed E-state index contributed by atoms with van der Waals surface area (Å²) in [5, 5.41) is 7.56. The van der Waals surface area contributed by atoms with E-state index in [9.17, 15) is 0 Å². The van der Waals surface area contributed by atoms with Crippen LogP contribution in [-0.4, -0.2) is 30.5 Å². The summed E-state index contributed by atoms with van der Waals surface area (Å²) in [7, 11) is 5.50. The van der Waals surface area contributed by atoms with Crippen molar-refractivity contribution < 1.29 is 9.47 Å². The van der Waals surface area contributed by atoms with Gasteiger partial charge in [0.1, 0.15) is 11.4 Å². The quantitative estimate of drug-likeness (QED) is 0.877. The Labute approximate surface area is 119 Å². The fourth-order valence-electron chi connectivity index (χ4n) is 2.30. The van der Waals surface area contributed by atoms with E-state index in [4.69, 9.17) is 9.47 Å². The van der Waals surface area contributed by atoms with E-state index in [1.165, 1.54) is 0 Å². The third-order valence-corrected chi connectivity index (χ3v) is 3.26. The van der Waals surface area contributed by atoms with E-state index < -0.39 is 0 Å². The number of hydrogen-bond acceptors (Lipinski definition) is 4. The highest BCUT2D eigenvalue weighted by Gasteiger charge is 2.20. The van der Waals surface area contributed by atoms with Crippen LogP contribution in [0.2, 0.25) is 0 Å². The minimum Gasteiger partial charge on any atom is -0.494 e. The molecule has 5 nitrogen and oxygen atoms in total. The number of methoxy groups -OCH3 is 1. The van der Waals surface area contributed by atoms with Gasteiger partial charge in [-0.15, -0.1) is 0 Å². The second-order valence-corrected chi connectivity index (χ2v) is 4.45. The molecule has 1 N–H and O–H groups in total. The average Bonchev–Trinajstić information content (AvgIpc) is 2.83. The summed E-state index contributed by atoms with van der Waals surface area (Å²) in [5.74, 6) is 1.66. The molecule has 1 unspecified atom stereocenters. The smallest absolute Gasteiger partial charge is 0.161 e. The summed E-state index contributed by atoms with van der Waals surface area (Å²) < 4.78 is 12.7. The van der Waals surface area contributed by atoms with E-state index in [2.05, 4.69) is 22.5 Å². The van der Waals surface area contributed by atoms with Gasteiger partial charge in [0, 0.05) is 7.05 Å². The molecule has 0 aliphatic heterocycles. The lowest BCUT2D eigenvalue weighted by molar-refractivity contribution is 0.340. The van der Waals surface area contributed by atoms with E-state index in [1.54, 1.807) is 13.3 Å². The van der Waals surface area contributed by atoms with Crippen LogP contribution in [0.25, 0.3) is 0 Å². The molecule has 5 heteroatoms. The number of benzene rings is 1. The molecule has 0 aliphatic carbocycles. The first kappa shape index (κ1) is 14.4. The Morgan fingerprint density at radius 2 is 2.00 bits per heavy atom. The molecule has 0 saturated carbocycles. The average molecular weight is 275 g/mol. The molecule has 0 bridgehead atoms. The molecule has 108 valence electrons. The second kappa shape index (κ2) is 6.43. The van der Waals surface area contributed by atoms with Crippen LogP contribution in [-0.2, 0) is 7.05 Å². The van der Waals surface area contributed by atoms with Gasteiger partial charge in [-0.05, 0) is 31.7 Å². The molecule has 20 heavy (non-hydrogen) atoms. The maximum absolute atomic E-state index is 5.47. The van der Waals surface area contributed by atoms with Crippen molar-refractivity contribution in [2.45, 2.75) is 13.0 Å². The molecule has 0 radical (unpaired) electrons. The number of ether oxygens (including phenoxy) is 2. The second-order valence-electron chi connectivity index (χ2n) is 4.45. The molecule has 0 saturated heterocycles. The topological polar surface area (TPSA) is 48.3 Å². The first-order valence-corrected chi connectivity index (χ1v) is 6.67. The Bertz CT molecular complexity index is 549. The number of hydrogen-bond donors (Lipinski definition) is 1. The molecule has 2 rings (SSSR count). The van der Waals surface area contributed by atoms with E-state index in [1.807, 2.05) is 37.8 Å². The van der Waals surface area contributed by atoms with Crippen molar-refractivity contribution in [1.29, 1.82) is 0 Å². The van der Waals surface area contributed by atoms with Gasteiger partial charge >= 0.3 is 0 Å². The van der Waals surface area contributed by atoms with Crippen molar-refractivity contribution in [1.82, 2.24) is 15.1 Å². The van der Waals surface area contributed by atoms with Gasteiger partial charge in [0.2, 0.25) is 0 Å². The maximum Gasteiger partial charge on any atom is 0.161 e. The van der Waals surface area contributed by atoms with Crippen LogP contribution in [0.1, 0.15) is 24.2 Å². The van der Waals surface area contributed by atoms with Crippen molar-refractivity contribution in [3.05, 3.63) is 41.7 Å². The minimum atomic E-state index is 0.0214. The van der Waals surface area contributed by atoms with Gasteiger partial charge in [0.25, 0.3) is 0 Å². The SMILES string of the molecule is CCOc1ccc(C(NC)c2c(OC)cnn2C)cc1. The largest absolute Gasteiger partial charge is 0.494 e. The van der Waals surface area contributed by atoms with Crippen molar-refractivity contribution in [3.63, 3.8) is 0 Å². The van der Waals surface area contributed by atoms with Crippen LogP contribution in [0, 0.1) is 0 Å². The molecule has 0 fully saturated rings. The fraction of sp³-hybridized carbons (Fsp3) is 0.400. The number of rotatable bonds is 6. The van der Waals surface area contributed by atoms with Gasteiger partial charge in [-0.1, -0.05) is 12.1 Å². The molecule has 0 spiro atoms. The number of aryl methyl sites for hydroxylation is 1. The van der Waals surface area contributed by atoms with Crippen LogP contribution in [0.15, 0.2) is 30.5 Å². The molecule has 2 aromatic rings. The lowest BCUT2D eigenvalue weighted by Crippen LogP contribution is -2.21. The van der Waals surface area contributed by atoms with Gasteiger partial charge in [-0.3, -0.25) is 4.68 Å². The van der Waals surface area contributed by atoms with Crippen LogP contribution in [0.4, 0.5) is 0 Å². The molecule has 1 heterocycles. The van der Waals surface area contributed by atoms with Crippen molar-refractivity contribution in [2.75, 3.05) is 20.8 Å². The molecule has 0 aliphatic rings. The molecule has 1 aromatic heterocycles. The Balaban J connectivity index is 2.34. The summed E-state index contributed by atoms with van der Waals surface area (Å²) in [4.78, 5) is 0.